The second kappa shape index (κ2) is 12.8. The van der Waals surface area contributed by atoms with Gasteiger partial charge in [0, 0.05) is 34.6 Å². The number of fused-ring (bicyclic) bond motifs is 1. The van der Waals surface area contributed by atoms with Crippen LogP contribution in [0.15, 0.2) is 91.0 Å². The van der Waals surface area contributed by atoms with Crippen LogP contribution in [0, 0.1) is 0 Å². The van der Waals surface area contributed by atoms with E-state index in [0.29, 0.717) is 44.5 Å². The fourth-order valence-electron chi connectivity index (χ4n) is 4.27. The number of hydrogen-bond acceptors (Lipinski definition) is 8. The lowest BCUT2D eigenvalue weighted by Gasteiger charge is -2.21. The first kappa shape index (κ1) is 28.7. The Kier molecular flexibility index (Phi) is 8.70. The van der Waals surface area contributed by atoms with E-state index in [1.54, 1.807) is 84.9 Å². The maximum atomic E-state index is 12.8. The number of benzene rings is 4. The Morgan fingerprint density at radius 2 is 1.50 bits per heavy atom. The molecule has 0 saturated carbocycles. The van der Waals surface area contributed by atoms with Gasteiger partial charge >= 0.3 is 0 Å². The lowest BCUT2D eigenvalue weighted by molar-refractivity contribution is -0.115. The predicted molar refractivity (Wildman–Crippen MR) is 165 cm³/mol. The third-order valence-electron chi connectivity index (χ3n) is 6.21. The summed E-state index contributed by atoms with van der Waals surface area (Å²) in [7, 11) is -0.184. The Hall–Kier alpha value is -4.87. The van der Waals surface area contributed by atoms with Crippen LogP contribution < -0.4 is 24.4 Å². The molecular weight excluding hydrogens is 578 g/mol. The number of hydrogen-bond donors (Lipinski definition) is 3. The van der Waals surface area contributed by atoms with E-state index in [2.05, 4.69) is 20.6 Å². The number of para-hydroxylation sites is 2. The number of carbonyl (C=O) groups excluding carboxylic acids is 1. The van der Waals surface area contributed by atoms with Crippen molar-refractivity contribution in [2.24, 2.45) is 0 Å². The average Bonchev–Trinajstić information content (AvgIpc) is 2.98. The molecule has 0 aliphatic rings. The number of aromatic nitrogens is 2. The third-order valence-corrected chi connectivity index (χ3v) is 7.33. The Bertz CT molecular complexity index is 1820. The molecule has 42 heavy (non-hydrogen) atoms. The molecule has 0 saturated heterocycles. The fraction of sp³-hybridized carbons (Fsp3) is 0.100. The van der Waals surface area contributed by atoms with E-state index < -0.39 is 10.9 Å². The number of rotatable bonds is 10. The van der Waals surface area contributed by atoms with E-state index in [0.717, 1.165) is 4.31 Å². The fourth-order valence-corrected chi connectivity index (χ4v) is 5.08. The van der Waals surface area contributed by atoms with Crippen molar-refractivity contribution in [2.45, 2.75) is 6.42 Å². The third kappa shape index (κ3) is 6.54. The van der Waals surface area contributed by atoms with Crippen molar-refractivity contribution in [3.8, 4) is 11.5 Å². The maximum Gasteiger partial charge on any atom is 0.230 e. The van der Waals surface area contributed by atoms with Crippen molar-refractivity contribution in [1.82, 2.24) is 9.97 Å². The molecule has 1 amide bonds. The van der Waals surface area contributed by atoms with Crippen LogP contribution in [0.2, 0.25) is 5.02 Å². The number of carbonyl (C=O) groups is 1. The van der Waals surface area contributed by atoms with Gasteiger partial charge in [0.1, 0.15) is 11.5 Å². The van der Waals surface area contributed by atoms with Crippen LogP contribution in [-0.4, -0.2) is 38.5 Å². The Balaban J connectivity index is 1.53. The molecule has 214 valence electrons. The first-order valence-corrected chi connectivity index (χ1v) is 14.2. The van der Waals surface area contributed by atoms with Gasteiger partial charge in [-0.1, -0.05) is 48.0 Å². The van der Waals surface area contributed by atoms with Gasteiger partial charge in [0.2, 0.25) is 16.8 Å². The highest BCUT2D eigenvalue weighted by molar-refractivity contribution is 7.74. The quantitative estimate of drug-likeness (QED) is 0.169. The summed E-state index contributed by atoms with van der Waals surface area (Å²) in [6, 6.07) is 25.8. The van der Waals surface area contributed by atoms with Gasteiger partial charge in [-0.3, -0.25) is 4.79 Å². The van der Waals surface area contributed by atoms with Crippen LogP contribution in [0.5, 0.6) is 11.5 Å². The normalized spacial score (nSPS) is 10.9. The summed E-state index contributed by atoms with van der Waals surface area (Å²) in [5.41, 5.74) is 2.91. The standard InChI is InChI=1S/C30H26ClN5O5S/c1-40-23-16-21(17-24(18-23)41-2)33-29-30(35-27-13-6-5-12-26(27)34-29)36(42(38)39)22-10-7-9-20(15-22)32-28(37)14-19-8-3-4-11-25(19)31/h3-13,15-18,42H,14H2,1-2H3,(H,32,37)(H,33,34). The molecule has 0 bridgehead atoms. The molecular formula is C30H26ClN5O5S. The van der Waals surface area contributed by atoms with Crippen LogP contribution in [0.3, 0.4) is 0 Å². The van der Waals surface area contributed by atoms with Crippen molar-refractivity contribution < 1.29 is 22.7 Å². The van der Waals surface area contributed by atoms with Crippen molar-refractivity contribution in [2.75, 3.05) is 29.2 Å². The lowest BCUT2D eigenvalue weighted by Crippen LogP contribution is -2.19. The molecule has 0 aliphatic heterocycles. The summed E-state index contributed by atoms with van der Waals surface area (Å²) in [4.78, 5) is 22.1. The van der Waals surface area contributed by atoms with Gasteiger partial charge in [-0.05, 0) is 42.0 Å². The zero-order valence-electron chi connectivity index (χ0n) is 22.6. The second-order valence-electron chi connectivity index (χ2n) is 9.03. The SMILES string of the molecule is COc1cc(Nc2nc3ccccc3nc2N(c2cccc(NC(=O)Cc3ccccc3Cl)c2)[SH](=O)=O)cc(OC)c1. The summed E-state index contributed by atoms with van der Waals surface area (Å²) in [5.74, 6) is 0.957. The molecule has 0 atom stereocenters. The van der Waals surface area contributed by atoms with Crippen LogP contribution in [0.1, 0.15) is 5.56 Å². The van der Waals surface area contributed by atoms with Crippen molar-refractivity contribution >= 4 is 68.1 Å². The number of nitrogens with zero attached hydrogens (tertiary/aromatic N) is 3. The first-order chi connectivity index (χ1) is 20.3. The topological polar surface area (TPSA) is 123 Å². The molecule has 0 unspecified atom stereocenters. The summed E-state index contributed by atoms with van der Waals surface area (Å²) >= 11 is 6.20. The predicted octanol–water partition coefficient (Wildman–Crippen LogP) is 5.89. The average molecular weight is 604 g/mol. The van der Waals surface area contributed by atoms with Crippen LogP contribution in [0.4, 0.5) is 28.7 Å². The lowest BCUT2D eigenvalue weighted by atomic mass is 10.1. The molecule has 2 N–H and O–H groups in total. The molecule has 1 heterocycles. The van der Waals surface area contributed by atoms with Gasteiger partial charge in [-0.15, -0.1) is 0 Å². The molecule has 10 nitrogen and oxygen atoms in total. The van der Waals surface area contributed by atoms with Gasteiger partial charge in [-0.25, -0.2) is 22.7 Å². The number of anilines is 5. The van der Waals surface area contributed by atoms with Crippen LogP contribution in [0.25, 0.3) is 11.0 Å². The molecule has 0 fully saturated rings. The molecule has 4 aromatic carbocycles. The molecule has 0 spiro atoms. The summed E-state index contributed by atoms with van der Waals surface area (Å²) in [5, 5.41) is 6.47. The highest BCUT2D eigenvalue weighted by atomic mass is 35.5. The number of nitrogens with one attached hydrogen (secondary N) is 2. The highest BCUT2D eigenvalue weighted by Crippen LogP contribution is 2.35. The van der Waals surface area contributed by atoms with Crippen molar-refractivity contribution in [1.29, 1.82) is 0 Å². The Morgan fingerprint density at radius 3 is 2.17 bits per heavy atom. The van der Waals surface area contributed by atoms with E-state index in [1.807, 2.05) is 6.07 Å². The van der Waals surface area contributed by atoms with Crippen LogP contribution >= 0.6 is 11.6 Å². The van der Waals surface area contributed by atoms with Gasteiger partial charge in [-0.2, -0.15) is 0 Å². The zero-order valence-corrected chi connectivity index (χ0v) is 24.2. The van der Waals surface area contributed by atoms with Crippen LogP contribution in [-0.2, 0) is 22.1 Å². The molecule has 0 radical (unpaired) electrons. The van der Waals surface area contributed by atoms with Gasteiger partial charge < -0.3 is 20.1 Å². The molecule has 5 aromatic rings. The minimum Gasteiger partial charge on any atom is -0.497 e. The van der Waals surface area contributed by atoms with Gasteiger partial charge in [0.05, 0.1) is 37.4 Å². The highest BCUT2D eigenvalue weighted by Gasteiger charge is 2.22. The number of amides is 1. The summed E-state index contributed by atoms with van der Waals surface area (Å²) in [6.07, 6.45) is 0.0532. The number of halogens is 1. The molecule has 5 rings (SSSR count). The Morgan fingerprint density at radius 1 is 0.833 bits per heavy atom. The number of methoxy groups -OCH3 is 2. The summed E-state index contributed by atoms with van der Waals surface area (Å²) in [6.45, 7) is 0. The minimum atomic E-state index is -3.25. The smallest absolute Gasteiger partial charge is 0.230 e. The maximum absolute atomic E-state index is 12.8. The van der Waals surface area contributed by atoms with E-state index >= 15 is 0 Å². The molecule has 0 aliphatic carbocycles. The second-order valence-corrected chi connectivity index (χ2v) is 10.3. The van der Waals surface area contributed by atoms with E-state index in [1.165, 1.54) is 14.2 Å². The van der Waals surface area contributed by atoms with Gasteiger partial charge in [0.15, 0.2) is 11.6 Å². The molecule has 12 heteroatoms. The van der Waals surface area contributed by atoms with E-state index in [4.69, 9.17) is 21.1 Å². The molecule has 1 aromatic heterocycles. The van der Waals surface area contributed by atoms with Crippen molar-refractivity contribution in [3.05, 3.63) is 102 Å². The first-order valence-electron chi connectivity index (χ1n) is 12.7. The van der Waals surface area contributed by atoms with Crippen molar-refractivity contribution in [3.63, 3.8) is 0 Å². The van der Waals surface area contributed by atoms with Gasteiger partial charge in [0.25, 0.3) is 0 Å². The monoisotopic (exact) mass is 603 g/mol. The van der Waals surface area contributed by atoms with E-state index in [-0.39, 0.29) is 29.7 Å². The zero-order chi connectivity index (χ0) is 29.6. The Labute approximate surface area is 249 Å². The minimum absolute atomic E-state index is 0.0335. The largest absolute Gasteiger partial charge is 0.497 e. The summed E-state index contributed by atoms with van der Waals surface area (Å²) < 4.78 is 37.3. The van der Waals surface area contributed by atoms with E-state index in [9.17, 15) is 13.2 Å². The number of thiol groups is 1. The number of ether oxygens (including phenoxy) is 2.